The first-order chi connectivity index (χ1) is 5.43. The average Bonchev–Trinajstić information content (AvgIpc) is 2.07. The Kier molecular flexibility index (Phi) is 2.57. The minimum absolute atomic E-state index is 0.374. The van der Waals surface area contributed by atoms with Crippen molar-refractivity contribution in [2.45, 2.75) is 0 Å². The Morgan fingerprint density at radius 2 is 2.27 bits per heavy atom. The van der Waals surface area contributed by atoms with Crippen LogP contribution in [0.15, 0.2) is 23.6 Å². The highest BCUT2D eigenvalue weighted by Crippen LogP contribution is 1.91. The van der Waals surface area contributed by atoms with Crippen LogP contribution in [0.4, 0.5) is 5.95 Å². The van der Waals surface area contributed by atoms with Gasteiger partial charge in [-0.15, -0.1) is 0 Å². The van der Waals surface area contributed by atoms with E-state index >= 15 is 0 Å². The number of nitrogens with one attached hydrogen (secondary N) is 1. The summed E-state index contributed by atoms with van der Waals surface area (Å²) >= 11 is 0. The molecule has 0 spiro atoms. The first-order valence-electron chi connectivity index (χ1n) is 2.87. The summed E-state index contributed by atoms with van der Waals surface area (Å²) in [6.45, 7) is 0. The number of hydrazone groups is 1. The van der Waals surface area contributed by atoms with Gasteiger partial charge >= 0.3 is 0 Å². The van der Waals surface area contributed by atoms with E-state index in [0.717, 1.165) is 6.21 Å². The van der Waals surface area contributed by atoms with Gasteiger partial charge < -0.3 is 0 Å². The number of aromatic nitrogens is 2. The molecule has 0 atom stereocenters. The van der Waals surface area contributed by atoms with Crippen molar-refractivity contribution in [2.24, 2.45) is 5.10 Å². The minimum Gasteiger partial charge on any atom is -0.244 e. The molecule has 1 rings (SSSR count). The van der Waals surface area contributed by atoms with Crippen molar-refractivity contribution in [3.63, 3.8) is 0 Å². The maximum atomic E-state index is 8.06. The highest BCUT2D eigenvalue weighted by Gasteiger charge is 1.85. The minimum atomic E-state index is 0.374. The van der Waals surface area contributed by atoms with Crippen LogP contribution < -0.4 is 5.43 Å². The lowest BCUT2D eigenvalue weighted by molar-refractivity contribution is 1.12. The van der Waals surface area contributed by atoms with Crippen molar-refractivity contribution in [1.82, 2.24) is 9.97 Å². The van der Waals surface area contributed by atoms with Crippen LogP contribution in [0.5, 0.6) is 0 Å². The van der Waals surface area contributed by atoms with E-state index in [0.29, 0.717) is 5.95 Å². The molecule has 0 aliphatic carbocycles. The molecule has 0 bridgehead atoms. The summed E-state index contributed by atoms with van der Waals surface area (Å²) < 4.78 is 0. The summed E-state index contributed by atoms with van der Waals surface area (Å²) in [5, 5.41) is 11.6. The van der Waals surface area contributed by atoms with Crippen LogP contribution in [0.1, 0.15) is 0 Å². The fourth-order valence-corrected chi connectivity index (χ4v) is 0.476. The van der Waals surface area contributed by atoms with Crippen molar-refractivity contribution < 1.29 is 0 Å². The van der Waals surface area contributed by atoms with E-state index in [1.54, 1.807) is 24.5 Å². The van der Waals surface area contributed by atoms with Crippen molar-refractivity contribution in [3.8, 4) is 6.07 Å². The molecule has 11 heavy (non-hydrogen) atoms. The van der Waals surface area contributed by atoms with E-state index in [4.69, 9.17) is 5.26 Å². The predicted molar refractivity (Wildman–Crippen MR) is 39.8 cm³/mol. The van der Waals surface area contributed by atoms with Gasteiger partial charge in [-0.3, -0.25) is 0 Å². The normalized spacial score (nSPS) is 9.36. The summed E-state index contributed by atoms with van der Waals surface area (Å²) in [5.41, 5.74) is 2.47. The van der Waals surface area contributed by atoms with E-state index in [1.807, 2.05) is 0 Å². The maximum Gasteiger partial charge on any atom is 0.243 e. The smallest absolute Gasteiger partial charge is 0.243 e. The molecule has 0 fully saturated rings. The Morgan fingerprint density at radius 1 is 1.55 bits per heavy atom. The van der Waals surface area contributed by atoms with Crippen molar-refractivity contribution >= 4 is 12.2 Å². The number of anilines is 1. The Hall–Kier alpha value is -1.96. The summed E-state index contributed by atoms with van der Waals surface area (Å²) in [7, 11) is 0. The molecule has 1 aromatic rings. The third kappa shape index (κ3) is 2.41. The van der Waals surface area contributed by atoms with Gasteiger partial charge in [0, 0.05) is 12.4 Å². The van der Waals surface area contributed by atoms with Gasteiger partial charge in [0.2, 0.25) is 5.95 Å². The average molecular weight is 147 g/mol. The number of nitriles is 1. The summed E-state index contributed by atoms with van der Waals surface area (Å²) in [5.74, 6) is 0.374. The second-order valence-corrected chi connectivity index (χ2v) is 1.57. The molecule has 5 heteroatoms. The van der Waals surface area contributed by atoms with Crippen LogP contribution in [0.25, 0.3) is 0 Å². The maximum absolute atomic E-state index is 8.06. The van der Waals surface area contributed by atoms with Crippen LogP contribution >= 0.6 is 0 Å². The predicted octanol–water partition coefficient (Wildman–Crippen LogP) is 0.398. The SMILES string of the molecule is N#C/C=N/Nc1ncccn1. The molecule has 54 valence electrons. The zero-order chi connectivity index (χ0) is 7.94. The van der Waals surface area contributed by atoms with Crippen molar-refractivity contribution in [3.05, 3.63) is 18.5 Å². The molecule has 0 radical (unpaired) electrons. The van der Waals surface area contributed by atoms with Gasteiger partial charge in [-0.1, -0.05) is 0 Å². The highest BCUT2D eigenvalue weighted by atomic mass is 15.3. The zero-order valence-electron chi connectivity index (χ0n) is 5.60. The van der Waals surface area contributed by atoms with E-state index in [1.165, 1.54) is 0 Å². The van der Waals surface area contributed by atoms with Gasteiger partial charge in [0.1, 0.15) is 12.3 Å². The van der Waals surface area contributed by atoms with Crippen LogP contribution in [0.3, 0.4) is 0 Å². The Morgan fingerprint density at radius 3 is 2.91 bits per heavy atom. The van der Waals surface area contributed by atoms with E-state index in [2.05, 4.69) is 20.5 Å². The molecular formula is C6H5N5. The second kappa shape index (κ2) is 3.95. The van der Waals surface area contributed by atoms with E-state index in [-0.39, 0.29) is 0 Å². The molecular weight excluding hydrogens is 142 g/mol. The Labute approximate surface area is 63.4 Å². The third-order valence-electron chi connectivity index (χ3n) is 0.853. The molecule has 0 aromatic carbocycles. The molecule has 0 saturated carbocycles. The van der Waals surface area contributed by atoms with E-state index in [9.17, 15) is 0 Å². The summed E-state index contributed by atoms with van der Waals surface area (Å²) in [6.07, 6.45) is 4.23. The third-order valence-corrected chi connectivity index (χ3v) is 0.853. The largest absolute Gasteiger partial charge is 0.244 e. The second-order valence-electron chi connectivity index (χ2n) is 1.57. The number of hydrogen-bond acceptors (Lipinski definition) is 5. The highest BCUT2D eigenvalue weighted by molar-refractivity contribution is 5.75. The molecule has 0 aliphatic rings. The zero-order valence-corrected chi connectivity index (χ0v) is 5.60. The number of nitrogens with zero attached hydrogens (tertiary/aromatic N) is 4. The number of hydrogen-bond donors (Lipinski definition) is 1. The summed E-state index contributed by atoms with van der Waals surface area (Å²) in [4.78, 5) is 7.61. The topological polar surface area (TPSA) is 74.0 Å². The number of rotatable bonds is 2. The van der Waals surface area contributed by atoms with Crippen LogP contribution in [0.2, 0.25) is 0 Å². The molecule has 1 N–H and O–H groups in total. The summed E-state index contributed by atoms with van der Waals surface area (Å²) in [6, 6.07) is 3.42. The van der Waals surface area contributed by atoms with Gasteiger partial charge in [0.25, 0.3) is 0 Å². The molecule has 0 saturated heterocycles. The lowest BCUT2D eigenvalue weighted by atomic mass is 10.7. The molecule has 0 amide bonds. The quantitative estimate of drug-likeness (QED) is 0.485. The molecule has 1 aromatic heterocycles. The van der Waals surface area contributed by atoms with Gasteiger partial charge in [0.05, 0.1) is 0 Å². The van der Waals surface area contributed by atoms with Crippen LogP contribution in [-0.2, 0) is 0 Å². The molecule has 0 unspecified atom stereocenters. The standard InChI is InChI=1S/C6H5N5/c7-2-5-10-11-6-8-3-1-4-9-6/h1,3-5H,(H,8,9,11)/b10-5+. The van der Waals surface area contributed by atoms with Crippen molar-refractivity contribution in [2.75, 3.05) is 5.43 Å². The monoisotopic (exact) mass is 147 g/mol. The Bertz CT molecular complexity index is 273. The Balaban J connectivity index is 2.53. The first-order valence-corrected chi connectivity index (χ1v) is 2.87. The lowest BCUT2D eigenvalue weighted by Gasteiger charge is -1.92. The van der Waals surface area contributed by atoms with Crippen LogP contribution in [0, 0.1) is 11.3 Å². The van der Waals surface area contributed by atoms with Gasteiger partial charge in [-0.25, -0.2) is 15.4 Å². The van der Waals surface area contributed by atoms with Gasteiger partial charge in [-0.2, -0.15) is 10.4 Å². The first kappa shape index (κ1) is 7.15. The fraction of sp³-hybridized carbons (Fsp3) is 0. The van der Waals surface area contributed by atoms with E-state index < -0.39 is 0 Å². The lowest BCUT2D eigenvalue weighted by Crippen LogP contribution is -1.93. The molecule has 0 aliphatic heterocycles. The van der Waals surface area contributed by atoms with Crippen LogP contribution in [-0.4, -0.2) is 16.2 Å². The van der Waals surface area contributed by atoms with Gasteiger partial charge in [-0.05, 0) is 6.07 Å². The molecule has 1 heterocycles. The fourth-order valence-electron chi connectivity index (χ4n) is 0.476. The molecule has 5 nitrogen and oxygen atoms in total. The van der Waals surface area contributed by atoms with Crippen molar-refractivity contribution in [1.29, 1.82) is 5.26 Å². The van der Waals surface area contributed by atoms with Gasteiger partial charge in [0.15, 0.2) is 0 Å².